The van der Waals surface area contributed by atoms with Crippen LogP contribution in [0.3, 0.4) is 0 Å². The Balaban J connectivity index is 2.06. The minimum absolute atomic E-state index is 0.172. The third kappa shape index (κ3) is 6.52. The van der Waals surface area contributed by atoms with Gasteiger partial charge in [-0.3, -0.25) is 0 Å². The van der Waals surface area contributed by atoms with E-state index in [1.807, 2.05) is 19.1 Å². The Morgan fingerprint density at radius 2 is 1.70 bits per heavy atom. The van der Waals surface area contributed by atoms with Crippen LogP contribution in [-0.4, -0.2) is 0 Å². The third-order valence-electron chi connectivity index (χ3n) is 5.21. The van der Waals surface area contributed by atoms with Crippen molar-refractivity contribution in [2.24, 2.45) is 0 Å². The van der Waals surface area contributed by atoms with E-state index in [2.05, 4.69) is 107 Å². The predicted molar refractivity (Wildman–Crippen MR) is 134 cm³/mol. The molecule has 0 saturated heterocycles. The van der Waals surface area contributed by atoms with Crippen LogP contribution in [0, 0.1) is 6.92 Å². The van der Waals surface area contributed by atoms with E-state index in [0.29, 0.717) is 0 Å². The lowest BCUT2D eigenvalue weighted by atomic mass is 9.87. The zero-order valence-corrected chi connectivity index (χ0v) is 19.4. The number of allylic oxidation sites excluding steroid dienone is 4. The van der Waals surface area contributed by atoms with Gasteiger partial charge in [-0.25, -0.2) is 0 Å². The second-order valence-corrected chi connectivity index (χ2v) is 8.79. The van der Waals surface area contributed by atoms with Gasteiger partial charge in [0.1, 0.15) is 0 Å². The Labute approximate surface area is 183 Å². The van der Waals surface area contributed by atoms with Crippen LogP contribution in [0.5, 0.6) is 0 Å². The van der Waals surface area contributed by atoms with E-state index in [4.69, 9.17) is 0 Å². The first-order chi connectivity index (χ1) is 14.1. The molecule has 0 atom stereocenters. The summed E-state index contributed by atoms with van der Waals surface area (Å²) in [5, 5.41) is 6.90. The standard InChI is InChI=1S/C28H36N2/c1-9-10-11-20(2)22(4)30-27-18-25(15-12-21(27)3)23(5)29-19-24-13-16-26(17-14-24)28(6,7)8/h9-18,29-30H,4-5,19H2,1-3,6-8H3/b10-9-,20-11+. The van der Waals surface area contributed by atoms with Gasteiger partial charge < -0.3 is 10.6 Å². The van der Waals surface area contributed by atoms with E-state index >= 15 is 0 Å². The molecule has 0 radical (unpaired) electrons. The largest absolute Gasteiger partial charge is 0.381 e. The summed E-state index contributed by atoms with van der Waals surface area (Å²) in [5.41, 5.74) is 8.95. The maximum absolute atomic E-state index is 4.24. The zero-order chi connectivity index (χ0) is 22.3. The van der Waals surface area contributed by atoms with Crippen LogP contribution in [0.4, 0.5) is 5.69 Å². The van der Waals surface area contributed by atoms with Crippen LogP contribution in [0.15, 0.2) is 85.1 Å². The Kier molecular flexibility index (Phi) is 7.88. The molecule has 30 heavy (non-hydrogen) atoms. The average molecular weight is 401 g/mol. The van der Waals surface area contributed by atoms with Crippen molar-refractivity contribution in [2.45, 2.75) is 53.5 Å². The number of hydrogen-bond acceptors (Lipinski definition) is 2. The van der Waals surface area contributed by atoms with Crippen LogP contribution in [0.25, 0.3) is 5.70 Å². The molecule has 2 heteroatoms. The molecule has 0 amide bonds. The first-order valence-electron chi connectivity index (χ1n) is 10.5. The molecule has 158 valence electrons. The van der Waals surface area contributed by atoms with E-state index in [-0.39, 0.29) is 5.41 Å². The smallest absolute Gasteiger partial charge is 0.0420 e. The molecule has 0 aliphatic carbocycles. The molecule has 2 rings (SSSR count). The Bertz CT molecular complexity index is 951. The summed E-state index contributed by atoms with van der Waals surface area (Å²) in [6.45, 7) is 22.0. The van der Waals surface area contributed by atoms with Crippen molar-refractivity contribution in [3.63, 3.8) is 0 Å². The molecule has 0 bridgehead atoms. The number of nitrogens with one attached hydrogen (secondary N) is 2. The lowest BCUT2D eigenvalue weighted by Crippen LogP contribution is -2.13. The predicted octanol–water partition coefficient (Wildman–Crippen LogP) is 7.50. The Morgan fingerprint density at radius 3 is 2.30 bits per heavy atom. The highest BCUT2D eigenvalue weighted by molar-refractivity contribution is 5.69. The van der Waals surface area contributed by atoms with Crippen molar-refractivity contribution in [3.8, 4) is 0 Å². The minimum Gasteiger partial charge on any atom is -0.381 e. The number of anilines is 1. The summed E-state index contributed by atoms with van der Waals surface area (Å²) in [6.07, 6.45) is 6.08. The van der Waals surface area contributed by atoms with Crippen LogP contribution >= 0.6 is 0 Å². The summed E-state index contributed by atoms with van der Waals surface area (Å²) in [5.74, 6) is 0. The summed E-state index contributed by atoms with van der Waals surface area (Å²) in [4.78, 5) is 0. The van der Waals surface area contributed by atoms with Gasteiger partial charge >= 0.3 is 0 Å². The summed E-state index contributed by atoms with van der Waals surface area (Å²) < 4.78 is 0. The van der Waals surface area contributed by atoms with Crippen LogP contribution in [0.1, 0.15) is 56.9 Å². The Hall–Kier alpha value is -3.00. The topological polar surface area (TPSA) is 24.1 Å². The first-order valence-corrected chi connectivity index (χ1v) is 10.5. The molecule has 0 aliphatic rings. The van der Waals surface area contributed by atoms with Crippen molar-refractivity contribution >= 4 is 11.4 Å². The van der Waals surface area contributed by atoms with E-state index in [0.717, 1.165) is 34.8 Å². The molecule has 0 spiro atoms. The number of benzene rings is 2. The fraction of sp³-hybridized carbons (Fsp3) is 0.286. The normalized spacial score (nSPS) is 12.1. The highest BCUT2D eigenvalue weighted by Gasteiger charge is 2.12. The molecule has 0 aromatic heterocycles. The minimum atomic E-state index is 0.172. The van der Waals surface area contributed by atoms with Gasteiger partial charge in [-0.15, -0.1) is 0 Å². The van der Waals surface area contributed by atoms with Crippen molar-refractivity contribution in [3.05, 3.63) is 107 Å². The maximum Gasteiger partial charge on any atom is 0.0420 e. The van der Waals surface area contributed by atoms with Crippen LogP contribution in [-0.2, 0) is 12.0 Å². The second-order valence-electron chi connectivity index (χ2n) is 8.79. The summed E-state index contributed by atoms with van der Waals surface area (Å²) in [6, 6.07) is 15.1. The molecule has 2 aromatic rings. The lowest BCUT2D eigenvalue weighted by Gasteiger charge is -2.19. The molecular formula is C28H36N2. The molecular weight excluding hydrogens is 364 g/mol. The van der Waals surface area contributed by atoms with Gasteiger partial charge in [0.2, 0.25) is 0 Å². The fourth-order valence-corrected chi connectivity index (χ4v) is 2.98. The van der Waals surface area contributed by atoms with Crippen molar-refractivity contribution < 1.29 is 0 Å². The zero-order valence-electron chi connectivity index (χ0n) is 19.4. The molecule has 2 nitrogen and oxygen atoms in total. The molecule has 0 fully saturated rings. The van der Waals surface area contributed by atoms with E-state index in [9.17, 15) is 0 Å². The molecule has 0 saturated carbocycles. The van der Waals surface area contributed by atoms with E-state index in [1.54, 1.807) is 0 Å². The van der Waals surface area contributed by atoms with E-state index < -0.39 is 0 Å². The van der Waals surface area contributed by atoms with Gasteiger partial charge in [-0.05, 0) is 60.1 Å². The van der Waals surface area contributed by atoms with Gasteiger partial charge in [0.15, 0.2) is 0 Å². The highest BCUT2D eigenvalue weighted by atomic mass is 14.9. The van der Waals surface area contributed by atoms with Gasteiger partial charge in [-0.1, -0.05) is 88.6 Å². The van der Waals surface area contributed by atoms with Gasteiger partial charge in [-0.2, -0.15) is 0 Å². The number of rotatable bonds is 8. The summed E-state index contributed by atoms with van der Waals surface area (Å²) >= 11 is 0. The lowest BCUT2D eigenvalue weighted by molar-refractivity contribution is 0.590. The van der Waals surface area contributed by atoms with Crippen molar-refractivity contribution in [1.29, 1.82) is 0 Å². The van der Waals surface area contributed by atoms with Crippen molar-refractivity contribution in [1.82, 2.24) is 5.32 Å². The third-order valence-corrected chi connectivity index (χ3v) is 5.21. The second kappa shape index (κ2) is 10.2. The molecule has 0 aliphatic heterocycles. The average Bonchev–Trinajstić information content (AvgIpc) is 2.71. The number of aryl methyl sites for hydroxylation is 1. The highest BCUT2D eigenvalue weighted by Crippen LogP contribution is 2.24. The van der Waals surface area contributed by atoms with Crippen molar-refractivity contribution in [2.75, 3.05) is 5.32 Å². The van der Waals surface area contributed by atoms with Crippen LogP contribution in [0.2, 0.25) is 0 Å². The van der Waals surface area contributed by atoms with Gasteiger partial charge in [0.05, 0.1) is 0 Å². The molecule has 0 heterocycles. The molecule has 0 unspecified atom stereocenters. The fourth-order valence-electron chi connectivity index (χ4n) is 2.98. The maximum atomic E-state index is 4.24. The first kappa shape index (κ1) is 23.3. The van der Waals surface area contributed by atoms with Gasteiger partial charge in [0.25, 0.3) is 0 Å². The quantitative estimate of drug-likeness (QED) is 0.448. The van der Waals surface area contributed by atoms with Crippen LogP contribution < -0.4 is 10.6 Å². The molecule has 2 N–H and O–H groups in total. The number of hydrogen-bond donors (Lipinski definition) is 2. The molecule has 2 aromatic carbocycles. The SMILES string of the molecule is C=C(Nc1cc(C(=C)NCc2ccc(C(C)(C)C)cc2)ccc1C)/C(C)=C/C=C\C. The van der Waals surface area contributed by atoms with Gasteiger partial charge in [0, 0.05) is 23.6 Å². The monoisotopic (exact) mass is 400 g/mol. The Morgan fingerprint density at radius 1 is 1.03 bits per heavy atom. The van der Waals surface area contributed by atoms with E-state index in [1.165, 1.54) is 16.7 Å². The summed E-state index contributed by atoms with van der Waals surface area (Å²) in [7, 11) is 0.